The van der Waals surface area contributed by atoms with Crippen LogP contribution in [0.3, 0.4) is 0 Å². The molecule has 0 saturated heterocycles. The predicted molar refractivity (Wildman–Crippen MR) is 67.0 cm³/mol. The number of aryl methyl sites for hydroxylation is 2. The van der Waals surface area contributed by atoms with Crippen molar-refractivity contribution >= 4 is 15.9 Å². The van der Waals surface area contributed by atoms with E-state index in [2.05, 4.69) is 21.0 Å². The second-order valence-electron chi connectivity index (χ2n) is 3.69. The molecule has 1 aromatic heterocycles. The fourth-order valence-electron chi connectivity index (χ4n) is 1.44. The molecule has 0 atom stereocenters. The molecule has 0 saturated carbocycles. The summed E-state index contributed by atoms with van der Waals surface area (Å²) in [6, 6.07) is 9.40. The van der Waals surface area contributed by atoms with Crippen LogP contribution in [0.5, 0.6) is 0 Å². The van der Waals surface area contributed by atoms with Gasteiger partial charge in [0.25, 0.3) is 5.56 Å². The molecule has 0 bridgehead atoms. The Labute approximate surface area is 102 Å². The Morgan fingerprint density at radius 1 is 1.19 bits per heavy atom. The van der Waals surface area contributed by atoms with Gasteiger partial charge in [-0.1, -0.05) is 17.7 Å². The van der Waals surface area contributed by atoms with E-state index in [4.69, 9.17) is 0 Å². The second-order valence-corrected chi connectivity index (χ2v) is 4.54. The van der Waals surface area contributed by atoms with Gasteiger partial charge in [0.15, 0.2) is 0 Å². The van der Waals surface area contributed by atoms with Crippen molar-refractivity contribution in [3.63, 3.8) is 0 Å². The van der Waals surface area contributed by atoms with Crippen molar-refractivity contribution in [1.82, 2.24) is 9.78 Å². The Kier molecular flexibility index (Phi) is 2.92. The quantitative estimate of drug-likeness (QED) is 0.804. The van der Waals surface area contributed by atoms with E-state index < -0.39 is 0 Å². The first-order chi connectivity index (χ1) is 7.58. The fourth-order valence-corrected chi connectivity index (χ4v) is 1.94. The fraction of sp³-hybridized carbons (Fsp3) is 0.167. The molecule has 0 fully saturated rings. The highest BCUT2D eigenvalue weighted by atomic mass is 79.9. The van der Waals surface area contributed by atoms with Gasteiger partial charge in [-0.3, -0.25) is 4.79 Å². The number of rotatable bonds is 1. The lowest BCUT2D eigenvalue weighted by Gasteiger charge is -2.06. The van der Waals surface area contributed by atoms with E-state index >= 15 is 0 Å². The van der Waals surface area contributed by atoms with Crippen LogP contribution in [0, 0.1) is 13.8 Å². The summed E-state index contributed by atoms with van der Waals surface area (Å²) in [6.45, 7) is 3.86. The summed E-state index contributed by atoms with van der Waals surface area (Å²) in [4.78, 5) is 11.9. The molecule has 3 nitrogen and oxygen atoms in total. The van der Waals surface area contributed by atoms with Gasteiger partial charge in [-0.15, -0.1) is 0 Å². The van der Waals surface area contributed by atoms with Crippen molar-refractivity contribution in [2.45, 2.75) is 13.8 Å². The zero-order chi connectivity index (χ0) is 11.7. The first-order valence-corrected chi connectivity index (χ1v) is 5.71. The van der Waals surface area contributed by atoms with Crippen LogP contribution in [0.1, 0.15) is 11.3 Å². The molecule has 0 aliphatic rings. The summed E-state index contributed by atoms with van der Waals surface area (Å²) >= 11 is 3.24. The van der Waals surface area contributed by atoms with Gasteiger partial charge in [-0.25, -0.2) is 0 Å². The van der Waals surface area contributed by atoms with E-state index in [0.29, 0.717) is 4.47 Å². The first kappa shape index (κ1) is 11.1. The highest BCUT2D eigenvalue weighted by Crippen LogP contribution is 2.09. The molecular weight excluding hydrogens is 268 g/mol. The van der Waals surface area contributed by atoms with Crippen LogP contribution in [0.4, 0.5) is 0 Å². The maximum atomic E-state index is 11.9. The lowest BCUT2D eigenvalue weighted by molar-refractivity contribution is 0.779. The lowest BCUT2D eigenvalue weighted by Crippen LogP contribution is -2.22. The minimum absolute atomic E-state index is 0.144. The normalized spacial score (nSPS) is 10.4. The SMILES string of the molecule is Cc1ccc(-n2nc(C)cc(Br)c2=O)cc1. The third kappa shape index (κ3) is 2.07. The summed E-state index contributed by atoms with van der Waals surface area (Å²) in [5.74, 6) is 0. The molecule has 0 unspecified atom stereocenters. The van der Waals surface area contributed by atoms with E-state index in [-0.39, 0.29) is 5.56 Å². The lowest BCUT2D eigenvalue weighted by atomic mass is 10.2. The number of halogens is 1. The van der Waals surface area contributed by atoms with E-state index in [1.807, 2.05) is 38.1 Å². The van der Waals surface area contributed by atoms with Crippen molar-refractivity contribution in [2.75, 3.05) is 0 Å². The van der Waals surface area contributed by atoms with Crippen LogP contribution in [-0.4, -0.2) is 9.78 Å². The number of hydrogen-bond donors (Lipinski definition) is 0. The van der Waals surface area contributed by atoms with Crippen LogP contribution in [0.15, 0.2) is 39.6 Å². The molecule has 1 aromatic carbocycles. The zero-order valence-electron chi connectivity index (χ0n) is 9.07. The maximum absolute atomic E-state index is 11.9. The largest absolute Gasteiger partial charge is 0.285 e. The van der Waals surface area contributed by atoms with Gasteiger partial charge in [-0.05, 0) is 48.0 Å². The molecule has 16 heavy (non-hydrogen) atoms. The van der Waals surface area contributed by atoms with Crippen molar-refractivity contribution in [3.8, 4) is 5.69 Å². The predicted octanol–water partition coefficient (Wildman–Crippen LogP) is 2.61. The number of aromatic nitrogens is 2. The van der Waals surface area contributed by atoms with E-state index in [1.165, 1.54) is 4.68 Å². The zero-order valence-corrected chi connectivity index (χ0v) is 10.7. The topological polar surface area (TPSA) is 34.9 Å². The Morgan fingerprint density at radius 3 is 2.44 bits per heavy atom. The molecule has 0 spiro atoms. The molecule has 1 heterocycles. The summed E-state index contributed by atoms with van der Waals surface area (Å²) in [7, 11) is 0. The smallest absolute Gasteiger partial charge is 0.266 e. The molecule has 2 aromatic rings. The molecular formula is C12H11BrN2O. The minimum Gasteiger partial charge on any atom is -0.266 e. The summed E-state index contributed by atoms with van der Waals surface area (Å²) in [5.41, 5.74) is 2.59. The summed E-state index contributed by atoms with van der Waals surface area (Å²) in [6.07, 6.45) is 0. The molecule has 0 N–H and O–H groups in total. The van der Waals surface area contributed by atoms with Crippen LogP contribution >= 0.6 is 15.9 Å². The molecule has 4 heteroatoms. The van der Waals surface area contributed by atoms with Gasteiger partial charge < -0.3 is 0 Å². The van der Waals surface area contributed by atoms with E-state index in [0.717, 1.165) is 16.9 Å². The minimum atomic E-state index is -0.144. The van der Waals surface area contributed by atoms with Crippen molar-refractivity contribution in [1.29, 1.82) is 0 Å². The van der Waals surface area contributed by atoms with Crippen molar-refractivity contribution in [3.05, 3.63) is 56.4 Å². The monoisotopic (exact) mass is 278 g/mol. The van der Waals surface area contributed by atoms with Crippen LogP contribution in [0.25, 0.3) is 5.69 Å². The van der Waals surface area contributed by atoms with Crippen molar-refractivity contribution in [2.24, 2.45) is 0 Å². The van der Waals surface area contributed by atoms with Gasteiger partial charge >= 0.3 is 0 Å². The third-order valence-corrected chi connectivity index (χ3v) is 2.84. The molecule has 2 rings (SSSR count). The molecule has 0 amide bonds. The van der Waals surface area contributed by atoms with Crippen LogP contribution < -0.4 is 5.56 Å². The van der Waals surface area contributed by atoms with Crippen molar-refractivity contribution < 1.29 is 0 Å². The van der Waals surface area contributed by atoms with E-state index in [9.17, 15) is 4.79 Å². The standard InChI is InChI=1S/C12H11BrN2O/c1-8-3-5-10(6-4-8)15-12(16)11(13)7-9(2)14-15/h3-7H,1-2H3. The Morgan fingerprint density at radius 2 is 1.81 bits per heavy atom. The highest BCUT2D eigenvalue weighted by Gasteiger charge is 2.05. The van der Waals surface area contributed by atoms with Gasteiger partial charge in [0.1, 0.15) is 0 Å². The van der Waals surface area contributed by atoms with Gasteiger partial charge in [-0.2, -0.15) is 9.78 Å². The van der Waals surface area contributed by atoms with E-state index in [1.54, 1.807) is 6.07 Å². The number of nitrogens with zero attached hydrogens (tertiary/aromatic N) is 2. The molecule has 0 aliphatic carbocycles. The average Bonchev–Trinajstić information content (AvgIpc) is 2.25. The summed E-state index contributed by atoms with van der Waals surface area (Å²) in [5, 5.41) is 4.21. The van der Waals surface area contributed by atoms with Crippen LogP contribution in [0.2, 0.25) is 0 Å². The number of benzene rings is 1. The number of hydrogen-bond acceptors (Lipinski definition) is 2. The first-order valence-electron chi connectivity index (χ1n) is 4.91. The second kappa shape index (κ2) is 4.22. The molecule has 0 radical (unpaired) electrons. The Balaban J connectivity index is 2.64. The molecule has 82 valence electrons. The summed E-state index contributed by atoms with van der Waals surface area (Å²) < 4.78 is 1.93. The van der Waals surface area contributed by atoms with Gasteiger partial charge in [0, 0.05) is 0 Å². The average molecular weight is 279 g/mol. The molecule has 0 aliphatic heterocycles. The van der Waals surface area contributed by atoms with Gasteiger partial charge in [0.05, 0.1) is 15.9 Å². The maximum Gasteiger partial charge on any atom is 0.285 e. The van der Waals surface area contributed by atoms with Gasteiger partial charge in [0.2, 0.25) is 0 Å². The Hall–Kier alpha value is -1.42. The Bertz CT molecular complexity index is 573. The van der Waals surface area contributed by atoms with Crippen LogP contribution in [-0.2, 0) is 0 Å². The highest BCUT2D eigenvalue weighted by molar-refractivity contribution is 9.10. The third-order valence-electron chi connectivity index (χ3n) is 2.27.